The predicted octanol–water partition coefficient (Wildman–Crippen LogP) is 3.37. The zero-order chi connectivity index (χ0) is 18.4. The number of benzene rings is 1. The average Bonchev–Trinajstić information content (AvgIpc) is 3.03. The monoisotopic (exact) mass is 356 g/mol. The molecule has 0 N–H and O–H groups in total. The topological polar surface area (TPSA) is 45.9 Å². The van der Waals surface area contributed by atoms with Crippen LogP contribution >= 0.6 is 0 Å². The second-order valence-corrected chi connectivity index (χ2v) is 7.99. The zero-order valence-electron chi connectivity index (χ0n) is 16.1. The van der Waals surface area contributed by atoms with E-state index in [4.69, 9.17) is 9.15 Å². The number of amides is 1. The molecule has 26 heavy (non-hydrogen) atoms. The van der Waals surface area contributed by atoms with Gasteiger partial charge < -0.3 is 19.0 Å². The van der Waals surface area contributed by atoms with E-state index in [-0.39, 0.29) is 18.1 Å². The van der Waals surface area contributed by atoms with Crippen molar-refractivity contribution in [1.82, 2.24) is 9.80 Å². The molecule has 0 spiro atoms. The largest absolute Gasteiger partial charge is 0.451 e. The van der Waals surface area contributed by atoms with Gasteiger partial charge in [-0.15, -0.1) is 0 Å². The summed E-state index contributed by atoms with van der Waals surface area (Å²) < 4.78 is 11.9. The molecule has 4 rings (SSSR count). The highest BCUT2D eigenvalue weighted by molar-refractivity contribution is 5.96. The van der Waals surface area contributed by atoms with Gasteiger partial charge in [0.15, 0.2) is 5.76 Å². The molecule has 1 aromatic carbocycles. The van der Waals surface area contributed by atoms with Gasteiger partial charge in [0.1, 0.15) is 5.58 Å². The number of morpholine rings is 1. The Kier molecular flexibility index (Phi) is 4.53. The molecule has 1 aromatic heterocycles. The first-order valence-electron chi connectivity index (χ1n) is 9.54. The number of fused-ring (bicyclic) bond motifs is 2. The highest BCUT2D eigenvalue weighted by Crippen LogP contribution is 2.32. The van der Waals surface area contributed by atoms with Gasteiger partial charge in [-0.3, -0.25) is 4.79 Å². The molecule has 5 nitrogen and oxygen atoms in total. The van der Waals surface area contributed by atoms with E-state index in [1.165, 1.54) is 11.1 Å². The van der Waals surface area contributed by atoms with Gasteiger partial charge in [-0.25, -0.2) is 0 Å². The summed E-state index contributed by atoms with van der Waals surface area (Å²) in [6.45, 7) is 5.39. The quantitative estimate of drug-likeness (QED) is 0.828. The van der Waals surface area contributed by atoms with Crippen molar-refractivity contribution in [3.8, 4) is 0 Å². The third-order valence-electron chi connectivity index (χ3n) is 6.13. The fourth-order valence-corrected chi connectivity index (χ4v) is 4.37. The minimum Gasteiger partial charge on any atom is -0.451 e. The predicted molar refractivity (Wildman–Crippen MR) is 102 cm³/mol. The third-order valence-corrected chi connectivity index (χ3v) is 6.13. The van der Waals surface area contributed by atoms with E-state index < -0.39 is 0 Å². The van der Waals surface area contributed by atoms with Crippen LogP contribution in [0.2, 0.25) is 0 Å². The first-order valence-corrected chi connectivity index (χ1v) is 9.54. The van der Waals surface area contributed by atoms with Crippen LogP contribution in [0.25, 0.3) is 11.0 Å². The molecule has 2 aliphatic rings. The van der Waals surface area contributed by atoms with Crippen molar-refractivity contribution in [2.75, 3.05) is 27.2 Å². The van der Waals surface area contributed by atoms with Gasteiger partial charge in [0.25, 0.3) is 5.91 Å². The smallest absolute Gasteiger partial charge is 0.290 e. The summed E-state index contributed by atoms with van der Waals surface area (Å²) in [7, 11) is 4.24. The van der Waals surface area contributed by atoms with Crippen LogP contribution in [0.3, 0.4) is 0 Å². The van der Waals surface area contributed by atoms with Crippen molar-refractivity contribution in [2.45, 2.75) is 51.3 Å². The van der Waals surface area contributed by atoms with Crippen LogP contribution < -0.4 is 0 Å². The standard InChI is InChI=1S/C21H28N2O3/c1-13-9-15-11-20(26-18(15)10-14(13)2)21(24)23-7-8-25-19-12-16(22(3)4)5-6-17(19)23/h9-11,16-17,19H,5-8,12H2,1-4H3/t16-,17+,19+/m0/s1. The summed E-state index contributed by atoms with van der Waals surface area (Å²) in [6.07, 6.45) is 3.19. The molecular formula is C21H28N2O3. The molecule has 1 amide bonds. The first kappa shape index (κ1) is 17.6. The molecule has 0 radical (unpaired) electrons. The number of carbonyl (C=O) groups is 1. The molecular weight excluding hydrogens is 328 g/mol. The average molecular weight is 356 g/mol. The van der Waals surface area contributed by atoms with Crippen molar-refractivity contribution < 1.29 is 13.9 Å². The second-order valence-electron chi connectivity index (χ2n) is 7.99. The molecule has 1 aliphatic heterocycles. The lowest BCUT2D eigenvalue weighted by molar-refractivity contribution is -0.0882. The number of carbonyl (C=O) groups excluding carboxylic acids is 1. The number of rotatable bonds is 2. The molecule has 2 aromatic rings. The Labute approximate surface area is 154 Å². The number of hydrogen-bond donors (Lipinski definition) is 0. The molecule has 140 valence electrons. The van der Waals surface area contributed by atoms with Gasteiger partial charge in [0, 0.05) is 18.0 Å². The molecule has 2 fully saturated rings. The van der Waals surface area contributed by atoms with Gasteiger partial charge >= 0.3 is 0 Å². The maximum atomic E-state index is 13.2. The second kappa shape index (κ2) is 6.71. The summed E-state index contributed by atoms with van der Waals surface area (Å²) in [5.41, 5.74) is 3.18. The van der Waals surface area contributed by atoms with Crippen LogP contribution in [0, 0.1) is 13.8 Å². The molecule has 1 saturated heterocycles. The van der Waals surface area contributed by atoms with E-state index in [1.54, 1.807) is 0 Å². The van der Waals surface area contributed by atoms with Crippen LogP contribution in [0.1, 0.15) is 40.9 Å². The summed E-state index contributed by atoms with van der Waals surface area (Å²) in [4.78, 5) is 17.4. The van der Waals surface area contributed by atoms with Gasteiger partial charge in [0.05, 0.1) is 18.8 Å². The highest BCUT2D eigenvalue weighted by atomic mass is 16.5. The first-order chi connectivity index (χ1) is 12.4. The molecule has 0 unspecified atom stereocenters. The lowest BCUT2D eigenvalue weighted by Crippen LogP contribution is -2.57. The summed E-state index contributed by atoms with van der Waals surface area (Å²) >= 11 is 0. The third kappa shape index (κ3) is 3.03. The lowest BCUT2D eigenvalue weighted by atomic mass is 9.86. The van der Waals surface area contributed by atoms with Gasteiger partial charge in [-0.05, 0) is 76.5 Å². The number of ether oxygens (including phenoxy) is 1. The minimum atomic E-state index is -0.00175. The lowest BCUT2D eigenvalue weighted by Gasteiger charge is -2.46. The van der Waals surface area contributed by atoms with Crippen molar-refractivity contribution in [2.24, 2.45) is 0 Å². The molecule has 0 bridgehead atoms. The van der Waals surface area contributed by atoms with Gasteiger partial charge in [-0.1, -0.05) is 0 Å². The Morgan fingerprint density at radius 2 is 1.92 bits per heavy atom. The Bertz CT molecular complexity index is 787. The van der Waals surface area contributed by atoms with Crippen molar-refractivity contribution >= 4 is 16.9 Å². The van der Waals surface area contributed by atoms with E-state index >= 15 is 0 Å². The van der Waals surface area contributed by atoms with Crippen molar-refractivity contribution in [3.05, 3.63) is 35.1 Å². The Hall–Kier alpha value is -1.85. The normalized spacial score (nSPS) is 26.3. The minimum absolute atomic E-state index is 0.00175. The number of aryl methyl sites for hydroxylation is 2. The Balaban J connectivity index is 1.58. The molecule has 1 saturated carbocycles. The van der Waals surface area contributed by atoms with Gasteiger partial charge in [0.2, 0.25) is 0 Å². The summed E-state index contributed by atoms with van der Waals surface area (Å²) in [6, 6.07) is 6.69. The van der Waals surface area contributed by atoms with Crippen molar-refractivity contribution in [3.63, 3.8) is 0 Å². The van der Waals surface area contributed by atoms with Crippen LogP contribution in [-0.2, 0) is 4.74 Å². The van der Waals surface area contributed by atoms with E-state index in [9.17, 15) is 4.79 Å². The van der Waals surface area contributed by atoms with Crippen LogP contribution in [-0.4, -0.2) is 61.1 Å². The summed E-state index contributed by atoms with van der Waals surface area (Å²) in [5, 5.41) is 0.998. The van der Waals surface area contributed by atoms with E-state index in [2.05, 4.69) is 38.9 Å². The fourth-order valence-electron chi connectivity index (χ4n) is 4.37. The zero-order valence-corrected chi connectivity index (χ0v) is 16.1. The summed E-state index contributed by atoms with van der Waals surface area (Å²) in [5.74, 6) is 0.443. The van der Waals surface area contributed by atoms with E-state index in [0.717, 1.165) is 30.2 Å². The van der Waals surface area contributed by atoms with E-state index in [1.807, 2.05) is 17.0 Å². The maximum absolute atomic E-state index is 13.2. The van der Waals surface area contributed by atoms with Gasteiger partial charge in [-0.2, -0.15) is 0 Å². The number of hydrogen-bond acceptors (Lipinski definition) is 4. The maximum Gasteiger partial charge on any atom is 0.290 e. The molecule has 2 heterocycles. The van der Waals surface area contributed by atoms with Crippen LogP contribution in [0.15, 0.2) is 22.6 Å². The SMILES string of the molecule is Cc1cc2cc(C(=O)N3CCO[C@@H]4C[C@@H](N(C)C)CC[C@H]43)oc2cc1C. The Morgan fingerprint density at radius 1 is 1.15 bits per heavy atom. The Morgan fingerprint density at radius 3 is 2.69 bits per heavy atom. The number of nitrogens with zero attached hydrogens (tertiary/aromatic N) is 2. The van der Waals surface area contributed by atoms with Crippen LogP contribution in [0.4, 0.5) is 0 Å². The van der Waals surface area contributed by atoms with E-state index in [0.29, 0.717) is 25.0 Å². The van der Waals surface area contributed by atoms with Crippen molar-refractivity contribution in [1.29, 1.82) is 0 Å². The van der Waals surface area contributed by atoms with Crippen LogP contribution in [0.5, 0.6) is 0 Å². The molecule has 1 aliphatic carbocycles. The fraction of sp³-hybridized carbons (Fsp3) is 0.571. The highest BCUT2D eigenvalue weighted by Gasteiger charge is 2.41. The number of furan rings is 1. The molecule has 3 atom stereocenters. The molecule has 5 heteroatoms.